The normalized spacial score (nSPS) is 17.2. The van der Waals surface area contributed by atoms with E-state index in [1.807, 2.05) is 24.3 Å². The van der Waals surface area contributed by atoms with Gasteiger partial charge in [0.25, 0.3) is 0 Å². The molecule has 7 heteroatoms. The Balaban J connectivity index is 1.48. The molecule has 0 saturated carbocycles. The van der Waals surface area contributed by atoms with Gasteiger partial charge < -0.3 is 14.8 Å². The summed E-state index contributed by atoms with van der Waals surface area (Å²) in [7, 11) is 1.63. The van der Waals surface area contributed by atoms with E-state index in [1.54, 1.807) is 7.11 Å². The lowest BCUT2D eigenvalue weighted by atomic mass is 10.1. The number of nitrogens with zero attached hydrogens (tertiary/aromatic N) is 2. The van der Waals surface area contributed by atoms with E-state index in [0.29, 0.717) is 18.0 Å². The van der Waals surface area contributed by atoms with Crippen molar-refractivity contribution >= 4 is 22.4 Å². The summed E-state index contributed by atoms with van der Waals surface area (Å²) in [6, 6.07) is 7.72. The molecule has 3 rings (SSSR count). The maximum Gasteiger partial charge on any atom is 0.226 e. The molecule has 2 heterocycles. The van der Waals surface area contributed by atoms with Gasteiger partial charge in [0.05, 0.1) is 7.11 Å². The highest BCUT2D eigenvalue weighted by atomic mass is 32.1. The first-order valence-corrected chi connectivity index (χ1v) is 8.44. The van der Waals surface area contributed by atoms with Crippen molar-refractivity contribution in [2.24, 2.45) is 0 Å². The highest BCUT2D eigenvalue weighted by Gasteiger charge is 2.22. The molecule has 1 aliphatic heterocycles. The maximum atomic E-state index is 12.0. The third-order valence-electron chi connectivity index (χ3n) is 3.69. The van der Waals surface area contributed by atoms with Crippen LogP contribution in [0.25, 0.3) is 0 Å². The average Bonchev–Trinajstić information content (AvgIpc) is 3.24. The summed E-state index contributed by atoms with van der Waals surface area (Å²) in [5.41, 5.74) is 1.10. The molecule has 1 aromatic heterocycles. The summed E-state index contributed by atoms with van der Waals surface area (Å²) < 4.78 is 10.7. The molecule has 0 bridgehead atoms. The van der Waals surface area contributed by atoms with Crippen molar-refractivity contribution in [3.8, 4) is 5.75 Å². The number of anilines is 1. The predicted molar refractivity (Wildman–Crippen MR) is 87.8 cm³/mol. The van der Waals surface area contributed by atoms with Crippen LogP contribution in [0.1, 0.15) is 35.9 Å². The predicted octanol–water partition coefficient (Wildman–Crippen LogP) is 2.97. The van der Waals surface area contributed by atoms with Crippen LogP contribution in [0, 0.1) is 0 Å². The van der Waals surface area contributed by atoms with Gasteiger partial charge in [-0.15, -0.1) is 10.2 Å². The molecule has 23 heavy (non-hydrogen) atoms. The van der Waals surface area contributed by atoms with Crippen molar-refractivity contribution in [1.82, 2.24) is 10.2 Å². The molecule has 0 radical (unpaired) electrons. The highest BCUT2D eigenvalue weighted by molar-refractivity contribution is 7.15. The molecule has 1 aliphatic rings. The lowest BCUT2D eigenvalue weighted by Gasteiger charge is -2.04. The van der Waals surface area contributed by atoms with Crippen LogP contribution in [0.3, 0.4) is 0 Å². The van der Waals surface area contributed by atoms with Gasteiger partial charge in [-0.25, -0.2) is 0 Å². The summed E-state index contributed by atoms with van der Waals surface area (Å²) in [5.74, 6) is 0.754. The van der Waals surface area contributed by atoms with Crippen molar-refractivity contribution in [2.75, 3.05) is 19.0 Å². The van der Waals surface area contributed by atoms with Gasteiger partial charge in [-0.3, -0.25) is 4.79 Å². The van der Waals surface area contributed by atoms with Crippen molar-refractivity contribution in [2.45, 2.75) is 31.8 Å². The molecule has 1 N–H and O–H groups in total. The standard InChI is InChI=1S/C16H19N3O3S/c1-21-12-7-4-11(5-8-12)6-9-14(20)17-16-19-18-15(23-16)13-3-2-10-22-13/h4-5,7-8,13H,2-3,6,9-10H2,1H3,(H,17,19,20). The zero-order valence-electron chi connectivity index (χ0n) is 12.9. The van der Waals surface area contributed by atoms with Crippen LogP contribution in [-0.2, 0) is 16.0 Å². The van der Waals surface area contributed by atoms with E-state index in [9.17, 15) is 4.79 Å². The molecule has 1 unspecified atom stereocenters. The molecule has 0 spiro atoms. The molecule has 6 nitrogen and oxygen atoms in total. The number of ether oxygens (including phenoxy) is 2. The summed E-state index contributed by atoms with van der Waals surface area (Å²) in [4.78, 5) is 12.0. The minimum absolute atomic E-state index is 0.0393. The lowest BCUT2D eigenvalue weighted by molar-refractivity contribution is -0.116. The second-order valence-electron chi connectivity index (χ2n) is 5.34. The van der Waals surface area contributed by atoms with Gasteiger partial charge >= 0.3 is 0 Å². The quantitative estimate of drug-likeness (QED) is 0.880. The molecule has 1 saturated heterocycles. The van der Waals surface area contributed by atoms with Crippen LogP contribution in [0.5, 0.6) is 5.75 Å². The van der Waals surface area contributed by atoms with Gasteiger partial charge in [-0.05, 0) is 37.0 Å². The summed E-state index contributed by atoms with van der Waals surface area (Å²) in [6.45, 7) is 0.772. The van der Waals surface area contributed by atoms with Gasteiger partial charge in [-0.2, -0.15) is 0 Å². The fourth-order valence-electron chi connectivity index (χ4n) is 2.42. The van der Waals surface area contributed by atoms with Gasteiger partial charge in [0.1, 0.15) is 16.9 Å². The molecule has 1 aromatic carbocycles. The Bertz CT molecular complexity index is 651. The number of rotatable bonds is 6. The molecular formula is C16H19N3O3S. The fraction of sp³-hybridized carbons (Fsp3) is 0.438. The molecule has 2 aromatic rings. The number of carbonyl (C=O) groups is 1. The molecule has 0 aliphatic carbocycles. The van der Waals surface area contributed by atoms with Crippen LogP contribution < -0.4 is 10.1 Å². The average molecular weight is 333 g/mol. The number of aryl methyl sites for hydroxylation is 1. The van der Waals surface area contributed by atoms with E-state index in [2.05, 4.69) is 15.5 Å². The van der Waals surface area contributed by atoms with E-state index in [1.165, 1.54) is 11.3 Å². The van der Waals surface area contributed by atoms with E-state index in [4.69, 9.17) is 9.47 Å². The Morgan fingerprint density at radius 2 is 2.22 bits per heavy atom. The third-order valence-corrected chi connectivity index (χ3v) is 4.62. The van der Waals surface area contributed by atoms with Crippen LogP contribution in [-0.4, -0.2) is 29.8 Å². The number of hydrogen-bond donors (Lipinski definition) is 1. The zero-order chi connectivity index (χ0) is 16.1. The summed E-state index contributed by atoms with van der Waals surface area (Å²) >= 11 is 1.39. The maximum absolute atomic E-state index is 12.0. The minimum Gasteiger partial charge on any atom is -0.497 e. The van der Waals surface area contributed by atoms with Crippen LogP contribution in [0.4, 0.5) is 5.13 Å². The number of amides is 1. The number of nitrogens with one attached hydrogen (secondary N) is 1. The molecule has 1 amide bonds. The number of hydrogen-bond acceptors (Lipinski definition) is 6. The Morgan fingerprint density at radius 3 is 2.91 bits per heavy atom. The number of aromatic nitrogens is 2. The second-order valence-corrected chi connectivity index (χ2v) is 6.35. The molecule has 1 atom stereocenters. The van der Waals surface area contributed by atoms with E-state index >= 15 is 0 Å². The highest BCUT2D eigenvalue weighted by Crippen LogP contribution is 2.31. The van der Waals surface area contributed by atoms with Crippen LogP contribution in [0.2, 0.25) is 0 Å². The first-order valence-electron chi connectivity index (χ1n) is 7.62. The van der Waals surface area contributed by atoms with E-state index in [0.717, 1.165) is 35.8 Å². The largest absolute Gasteiger partial charge is 0.497 e. The fourth-order valence-corrected chi connectivity index (χ4v) is 3.26. The SMILES string of the molecule is COc1ccc(CCC(=O)Nc2nnc(C3CCCO3)s2)cc1. The van der Waals surface area contributed by atoms with Crippen LogP contribution in [0.15, 0.2) is 24.3 Å². The Hall–Kier alpha value is -1.99. The van der Waals surface area contributed by atoms with E-state index in [-0.39, 0.29) is 12.0 Å². The van der Waals surface area contributed by atoms with Crippen LogP contribution >= 0.6 is 11.3 Å². The number of benzene rings is 1. The first kappa shape index (κ1) is 15.9. The summed E-state index contributed by atoms with van der Waals surface area (Å²) in [6.07, 6.45) is 3.14. The molecular weight excluding hydrogens is 314 g/mol. The smallest absolute Gasteiger partial charge is 0.226 e. The van der Waals surface area contributed by atoms with Gasteiger partial charge in [0.2, 0.25) is 11.0 Å². The third kappa shape index (κ3) is 4.27. The second kappa shape index (κ2) is 7.52. The first-order chi connectivity index (χ1) is 11.2. The van der Waals surface area contributed by atoms with Gasteiger partial charge in [-0.1, -0.05) is 23.5 Å². The number of methoxy groups -OCH3 is 1. The monoisotopic (exact) mass is 333 g/mol. The number of carbonyl (C=O) groups excluding carboxylic acids is 1. The minimum atomic E-state index is -0.0594. The molecule has 1 fully saturated rings. The van der Waals surface area contributed by atoms with Crippen molar-refractivity contribution in [3.63, 3.8) is 0 Å². The lowest BCUT2D eigenvalue weighted by Crippen LogP contribution is -2.12. The topological polar surface area (TPSA) is 73.3 Å². The van der Waals surface area contributed by atoms with Crippen molar-refractivity contribution in [3.05, 3.63) is 34.8 Å². The Labute approximate surface area is 138 Å². The summed E-state index contributed by atoms with van der Waals surface area (Å²) in [5, 5.41) is 12.3. The zero-order valence-corrected chi connectivity index (χ0v) is 13.8. The van der Waals surface area contributed by atoms with Gasteiger partial charge in [0, 0.05) is 13.0 Å². The van der Waals surface area contributed by atoms with Crippen molar-refractivity contribution < 1.29 is 14.3 Å². The Kier molecular flexibility index (Phi) is 5.19. The molecule has 122 valence electrons. The van der Waals surface area contributed by atoms with E-state index < -0.39 is 0 Å². The van der Waals surface area contributed by atoms with Crippen molar-refractivity contribution in [1.29, 1.82) is 0 Å². The van der Waals surface area contributed by atoms with Gasteiger partial charge in [0.15, 0.2) is 0 Å². The Morgan fingerprint density at radius 1 is 1.39 bits per heavy atom.